The summed E-state index contributed by atoms with van der Waals surface area (Å²) in [6.07, 6.45) is 2.10. The molecule has 3 rings (SSSR count). The van der Waals surface area contributed by atoms with E-state index in [1.54, 1.807) is 25.1 Å². The number of aryl methyl sites for hydroxylation is 1. The van der Waals surface area contributed by atoms with Crippen molar-refractivity contribution in [3.05, 3.63) is 64.6 Å². The number of rotatable bonds is 5. The normalized spacial score (nSPS) is 12.2. The van der Waals surface area contributed by atoms with Gasteiger partial charge in [0.15, 0.2) is 5.58 Å². The molecule has 1 atom stereocenters. The molecule has 0 spiro atoms. The number of hydrogen-bond donors (Lipinski definition) is 1. The molecule has 5 heteroatoms. The van der Waals surface area contributed by atoms with Gasteiger partial charge in [-0.1, -0.05) is 37.6 Å². The van der Waals surface area contributed by atoms with Gasteiger partial charge in [-0.3, -0.25) is 9.36 Å². The second-order valence-corrected chi connectivity index (χ2v) is 5.82. The molecule has 0 saturated heterocycles. The fourth-order valence-electron chi connectivity index (χ4n) is 2.76. The maximum absolute atomic E-state index is 12.5. The highest BCUT2D eigenvalue weighted by molar-refractivity contribution is 5.94. The number of oxazole rings is 1. The molecular formula is C19H20N2O3. The van der Waals surface area contributed by atoms with Gasteiger partial charge < -0.3 is 9.73 Å². The zero-order chi connectivity index (χ0) is 17.1. The van der Waals surface area contributed by atoms with Crippen molar-refractivity contribution in [1.82, 2.24) is 4.57 Å². The lowest BCUT2D eigenvalue weighted by Crippen LogP contribution is -2.29. The van der Waals surface area contributed by atoms with E-state index < -0.39 is 11.8 Å². The van der Waals surface area contributed by atoms with Crippen LogP contribution in [-0.2, 0) is 11.2 Å². The quantitative estimate of drug-likeness (QED) is 0.777. The summed E-state index contributed by atoms with van der Waals surface area (Å²) < 4.78 is 6.56. The first-order chi connectivity index (χ1) is 11.6. The number of fused-ring (bicyclic) bond motifs is 1. The SMILES string of the molecule is CCCc1ccc(NC(=O)C(C)n2c(=O)oc3ccccc32)cc1. The van der Waals surface area contributed by atoms with Gasteiger partial charge in [-0.15, -0.1) is 0 Å². The average molecular weight is 324 g/mol. The molecule has 0 bridgehead atoms. The second-order valence-electron chi connectivity index (χ2n) is 5.82. The Morgan fingerprint density at radius 1 is 1.17 bits per heavy atom. The van der Waals surface area contributed by atoms with E-state index in [9.17, 15) is 9.59 Å². The molecule has 24 heavy (non-hydrogen) atoms. The molecule has 0 radical (unpaired) electrons. The molecule has 1 unspecified atom stereocenters. The number of aromatic nitrogens is 1. The minimum absolute atomic E-state index is 0.258. The van der Waals surface area contributed by atoms with Gasteiger partial charge in [-0.2, -0.15) is 0 Å². The first-order valence-electron chi connectivity index (χ1n) is 8.10. The Kier molecular flexibility index (Phi) is 4.51. The molecule has 2 aromatic carbocycles. The molecule has 1 heterocycles. The highest BCUT2D eigenvalue weighted by atomic mass is 16.4. The van der Waals surface area contributed by atoms with E-state index in [0.717, 1.165) is 12.8 Å². The smallest absolute Gasteiger partial charge is 0.408 e. The fourth-order valence-corrected chi connectivity index (χ4v) is 2.76. The lowest BCUT2D eigenvalue weighted by atomic mass is 10.1. The molecule has 1 N–H and O–H groups in total. The Balaban J connectivity index is 1.81. The number of anilines is 1. The topological polar surface area (TPSA) is 64.2 Å². The van der Waals surface area contributed by atoms with Gasteiger partial charge in [0, 0.05) is 5.69 Å². The van der Waals surface area contributed by atoms with Crippen LogP contribution >= 0.6 is 0 Å². The van der Waals surface area contributed by atoms with Gasteiger partial charge in [-0.05, 0) is 43.2 Å². The lowest BCUT2D eigenvalue weighted by molar-refractivity contribution is -0.118. The summed E-state index contributed by atoms with van der Waals surface area (Å²) >= 11 is 0. The molecule has 0 aliphatic rings. The van der Waals surface area contributed by atoms with Gasteiger partial charge in [0.05, 0.1) is 5.52 Å². The highest BCUT2D eigenvalue weighted by Gasteiger charge is 2.21. The van der Waals surface area contributed by atoms with E-state index in [2.05, 4.69) is 12.2 Å². The Morgan fingerprint density at radius 3 is 2.58 bits per heavy atom. The van der Waals surface area contributed by atoms with Crippen LogP contribution in [0.3, 0.4) is 0 Å². The van der Waals surface area contributed by atoms with E-state index in [4.69, 9.17) is 4.42 Å². The number of para-hydroxylation sites is 2. The Bertz CT molecular complexity index is 906. The van der Waals surface area contributed by atoms with Crippen LogP contribution in [0.2, 0.25) is 0 Å². The van der Waals surface area contributed by atoms with E-state index in [1.807, 2.05) is 30.3 Å². The van der Waals surface area contributed by atoms with Crippen LogP contribution in [0.1, 0.15) is 31.9 Å². The maximum Gasteiger partial charge on any atom is 0.420 e. The fraction of sp³-hybridized carbons (Fsp3) is 0.263. The van der Waals surface area contributed by atoms with E-state index in [0.29, 0.717) is 16.8 Å². The number of amides is 1. The minimum Gasteiger partial charge on any atom is -0.408 e. The van der Waals surface area contributed by atoms with Crippen LogP contribution in [0.4, 0.5) is 5.69 Å². The lowest BCUT2D eigenvalue weighted by Gasteiger charge is -2.13. The molecule has 0 aliphatic carbocycles. The van der Waals surface area contributed by atoms with Crippen molar-refractivity contribution >= 4 is 22.7 Å². The molecule has 1 amide bonds. The van der Waals surface area contributed by atoms with Crippen LogP contribution in [0.15, 0.2) is 57.7 Å². The highest BCUT2D eigenvalue weighted by Crippen LogP contribution is 2.18. The van der Waals surface area contributed by atoms with Crippen LogP contribution in [-0.4, -0.2) is 10.5 Å². The Morgan fingerprint density at radius 2 is 1.88 bits per heavy atom. The van der Waals surface area contributed by atoms with Crippen molar-refractivity contribution in [3.8, 4) is 0 Å². The third-order valence-corrected chi connectivity index (χ3v) is 4.05. The standard InChI is InChI=1S/C19H20N2O3/c1-3-6-14-9-11-15(12-10-14)20-18(22)13(2)21-16-7-4-5-8-17(16)24-19(21)23/h4-5,7-13H,3,6H2,1-2H3,(H,20,22). The molecule has 5 nitrogen and oxygen atoms in total. The van der Waals surface area contributed by atoms with Crippen LogP contribution in [0, 0.1) is 0 Å². The summed E-state index contributed by atoms with van der Waals surface area (Å²) in [6.45, 7) is 3.81. The molecular weight excluding hydrogens is 304 g/mol. The van der Waals surface area contributed by atoms with Crippen LogP contribution < -0.4 is 11.1 Å². The summed E-state index contributed by atoms with van der Waals surface area (Å²) in [5, 5.41) is 2.85. The van der Waals surface area contributed by atoms with Gasteiger partial charge in [0.1, 0.15) is 6.04 Å². The predicted octanol–water partition coefficient (Wildman–Crippen LogP) is 3.75. The molecule has 124 valence electrons. The summed E-state index contributed by atoms with van der Waals surface area (Å²) in [5.74, 6) is -0.788. The third kappa shape index (κ3) is 3.11. The monoisotopic (exact) mass is 324 g/mol. The number of nitrogens with zero attached hydrogens (tertiary/aromatic N) is 1. The zero-order valence-electron chi connectivity index (χ0n) is 13.8. The van der Waals surface area contributed by atoms with Crippen LogP contribution in [0.5, 0.6) is 0 Å². The first kappa shape index (κ1) is 16.1. The van der Waals surface area contributed by atoms with Crippen molar-refractivity contribution < 1.29 is 9.21 Å². The Labute approximate surface area is 139 Å². The number of nitrogens with one attached hydrogen (secondary N) is 1. The van der Waals surface area contributed by atoms with E-state index >= 15 is 0 Å². The number of benzene rings is 2. The summed E-state index contributed by atoms with van der Waals surface area (Å²) in [7, 11) is 0. The van der Waals surface area contributed by atoms with Gasteiger partial charge in [0.25, 0.3) is 0 Å². The minimum atomic E-state index is -0.670. The van der Waals surface area contributed by atoms with Crippen molar-refractivity contribution in [3.63, 3.8) is 0 Å². The maximum atomic E-state index is 12.5. The summed E-state index contributed by atoms with van der Waals surface area (Å²) in [5.41, 5.74) is 3.04. The number of carbonyl (C=O) groups is 1. The summed E-state index contributed by atoms with van der Waals surface area (Å²) in [6, 6.07) is 14.2. The predicted molar refractivity (Wildman–Crippen MR) is 94.3 cm³/mol. The molecule has 1 aromatic heterocycles. The summed E-state index contributed by atoms with van der Waals surface area (Å²) in [4.78, 5) is 24.6. The van der Waals surface area contributed by atoms with Crippen molar-refractivity contribution in [2.75, 3.05) is 5.32 Å². The van der Waals surface area contributed by atoms with E-state index in [-0.39, 0.29) is 5.91 Å². The van der Waals surface area contributed by atoms with Gasteiger partial charge in [-0.25, -0.2) is 4.79 Å². The van der Waals surface area contributed by atoms with Crippen molar-refractivity contribution in [2.24, 2.45) is 0 Å². The number of carbonyl (C=O) groups excluding carboxylic acids is 1. The largest absolute Gasteiger partial charge is 0.420 e. The van der Waals surface area contributed by atoms with Crippen molar-refractivity contribution in [2.45, 2.75) is 32.7 Å². The number of hydrogen-bond acceptors (Lipinski definition) is 3. The first-order valence-corrected chi connectivity index (χ1v) is 8.10. The second kappa shape index (κ2) is 6.74. The van der Waals surface area contributed by atoms with Gasteiger partial charge in [0.2, 0.25) is 5.91 Å². The molecule has 0 saturated carbocycles. The third-order valence-electron chi connectivity index (χ3n) is 4.05. The Hall–Kier alpha value is -2.82. The van der Waals surface area contributed by atoms with Crippen LogP contribution in [0.25, 0.3) is 11.1 Å². The van der Waals surface area contributed by atoms with Gasteiger partial charge >= 0.3 is 5.76 Å². The molecule has 0 aliphatic heterocycles. The average Bonchev–Trinajstić information content (AvgIpc) is 2.92. The molecule has 3 aromatic rings. The zero-order valence-corrected chi connectivity index (χ0v) is 13.8. The van der Waals surface area contributed by atoms with Crippen molar-refractivity contribution in [1.29, 1.82) is 0 Å². The van der Waals surface area contributed by atoms with E-state index in [1.165, 1.54) is 10.1 Å². The molecule has 0 fully saturated rings.